The average molecular weight is 309 g/mol. The van der Waals surface area contributed by atoms with E-state index in [1.807, 2.05) is 0 Å². The van der Waals surface area contributed by atoms with Crippen molar-refractivity contribution in [3.63, 3.8) is 0 Å². The Bertz CT molecular complexity index is 937. The van der Waals surface area contributed by atoms with Crippen LogP contribution in [0, 0.1) is 20.2 Å². The van der Waals surface area contributed by atoms with Crippen LogP contribution in [0.1, 0.15) is 11.1 Å². The zero-order valence-corrected chi connectivity index (χ0v) is 11.9. The minimum Gasteiger partial charge on any atom is -0.355 e. The normalized spacial score (nSPS) is 10.8. The molecule has 0 aliphatic rings. The summed E-state index contributed by atoms with van der Waals surface area (Å²) in [5.41, 5.74) is 1.94. The zero-order chi connectivity index (χ0) is 16.7. The van der Waals surface area contributed by atoms with Crippen LogP contribution in [0.3, 0.4) is 0 Å². The van der Waals surface area contributed by atoms with Gasteiger partial charge in [-0.05, 0) is 49.6 Å². The first-order chi connectivity index (χ1) is 10.9. The topological polar surface area (TPSA) is 102 Å². The third-order valence-electron chi connectivity index (χ3n) is 3.71. The summed E-state index contributed by atoms with van der Waals surface area (Å²) >= 11 is 0. The molecule has 2 aromatic carbocycles. The predicted molar refractivity (Wildman–Crippen MR) is 87.9 cm³/mol. The first kappa shape index (κ1) is 14.5. The van der Waals surface area contributed by atoms with Crippen molar-refractivity contribution in [3.8, 4) is 0 Å². The SMILES string of the molecule is C=C(c1ccc2[nH]c3ccc(C(=C)[N+](=O)[O-])cc3c2c1)[N+](=O)[O-]. The lowest BCUT2D eigenvalue weighted by Crippen LogP contribution is -1.96. The van der Waals surface area contributed by atoms with Gasteiger partial charge in [-0.1, -0.05) is 0 Å². The van der Waals surface area contributed by atoms with E-state index < -0.39 is 9.85 Å². The molecule has 0 radical (unpaired) electrons. The lowest BCUT2D eigenvalue weighted by atomic mass is 10.1. The van der Waals surface area contributed by atoms with Gasteiger partial charge in [-0.15, -0.1) is 0 Å². The number of nitrogens with one attached hydrogen (secondary N) is 1. The Morgan fingerprint density at radius 2 is 1.22 bits per heavy atom. The Hall–Kier alpha value is -3.48. The molecule has 3 aromatic rings. The summed E-state index contributed by atoms with van der Waals surface area (Å²) in [4.78, 5) is 23.8. The Morgan fingerprint density at radius 3 is 1.57 bits per heavy atom. The molecular weight excluding hydrogens is 298 g/mol. The van der Waals surface area contributed by atoms with Gasteiger partial charge in [0.25, 0.3) is 11.4 Å². The van der Waals surface area contributed by atoms with Crippen molar-refractivity contribution in [2.75, 3.05) is 0 Å². The largest absolute Gasteiger partial charge is 0.355 e. The third-order valence-corrected chi connectivity index (χ3v) is 3.71. The van der Waals surface area contributed by atoms with E-state index in [9.17, 15) is 20.2 Å². The van der Waals surface area contributed by atoms with Crippen molar-refractivity contribution in [2.45, 2.75) is 0 Å². The second-order valence-electron chi connectivity index (χ2n) is 5.05. The van der Waals surface area contributed by atoms with Crippen LogP contribution >= 0.6 is 0 Å². The monoisotopic (exact) mass is 309 g/mol. The number of hydrogen-bond acceptors (Lipinski definition) is 4. The molecule has 1 N–H and O–H groups in total. The molecular formula is C16H11N3O4. The highest BCUT2D eigenvalue weighted by atomic mass is 16.6. The summed E-state index contributed by atoms with van der Waals surface area (Å²) < 4.78 is 0. The molecule has 3 rings (SSSR count). The average Bonchev–Trinajstić information content (AvgIpc) is 2.90. The van der Waals surface area contributed by atoms with Crippen LogP contribution in [0.25, 0.3) is 33.2 Å². The van der Waals surface area contributed by atoms with Crippen LogP contribution in [0.15, 0.2) is 49.6 Å². The van der Waals surface area contributed by atoms with Crippen LogP contribution in [-0.4, -0.2) is 14.8 Å². The molecule has 0 bridgehead atoms. The fourth-order valence-corrected chi connectivity index (χ4v) is 2.47. The highest BCUT2D eigenvalue weighted by Crippen LogP contribution is 2.30. The molecule has 0 amide bonds. The Balaban J connectivity index is 2.24. The molecule has 1 aromatic heterocycles. The minimum atomic E-state index is -0.546. The van der Waals surface area contributed by atoms with Crippen LogP contribution in [-0.2, 0) is 0 Å². The lowest BCUT2D eigenvalue weighted by molar-refractivity contribution is -0.375. The van der Waals surface area contributed by atoms with Crippen molar-refractivity contribution in [2.24, 2.45) is 0 Å². The molecule has 7 nitrogen and oxygen atoms in total. The van der Waals surface area contributed by atoms with Gasteiger partial charge in [0.1, 0.15) is 0 Å². The highest BCUT2D eigenvalue weighted by Gasteiger charge is 2.15. The maximum absolute atomic E-state index is 10.9. The van der Waals surface area contributed by atoms with Crippen molar-refractivity contribution in [1.29, 1.82) is 0 Å². The van der Waals surface area contributed by atoms with Crippen LogP contribution in [0.5, 0.6) is 0 Å². The number of nitrogens with zero attached hydrogens (tertiary/aromatic N) is 2. The second-order valence-corrected chi connectivity index (χ2v) is 5.05. The summed E-state index contributed by atoms with van der Waals surface area (Å²) in [5.74, 6) is 0. The van der Waals surface area contributed by atoms with Crippen molar-refractivity contribution in [3.05, 3.63) is 80.9 Å². The Labute approximate surface area is 129 Å². The van der Waals surface area contributed by atoms with E-state index in [1.54, 1.807) is 36.4 Å². The second kappa shape index (κ2) is 5.06. The van der Waals surface area contributed by atoms with E-state index in [0.717, 1.165) is 21.8 Å². The number of hydrogen-bond donors (Lipinski definition) is 1. The number of aromatic nitrogens is 1. The molecule has 0 aliphatic carbocycles. The fourth-order valence-electron chi connectivity index (χ4n) is 2.47. The zero-order valence-electron chi connectivity index (χ0n) is 11.9. The summed E-state index contributed by atoms with van der Waals surface area (Å²) in [6.07, 6.45) is 0. The minimum absolute atomic E-state index is 0.202. The van der Waals surface area contributed by atoms with Gasteiger partial charge in [-0.2, -0.15) is 0 Å². The molecule has 0 unspecified atom stereocenters. The van der Waals surface area contributed by atoms with E-state index in [2.05, 4.69) is 18.1 Å². The third kappa shape index (κ3) is 2.34. The Kier molecular flexibility index (Phi) is 3.18. The maximum atomic E-state index is 10.9. The predicted octanol–water partition coefficient (Wildman–Crippen LogP) is 3.82. The summed E-state index contributed by atoms with van der Waals surface area (Å²) in [6.45, 7) is 6.90. The van der Waals surface area contributed by atoms with E-state index in [4.69, 9.17) is 0 Å². The van der Waals surface area contributed by atoms with Gasteiger partial charge in [-0.25, -0.2) is 0 Å². The van der Waals surface area contributed by atoms with Crippen LogP contribution in [0.4, 0.5) is 0 Å². The van der Waals surface area contributed by atoms with Gasteiger partial charge >= 0.3 is 0 Å². The van der Waals surface area contributed by atoms with Crippen molar-refractivity contribution < 1.29 is 9.85 Å². The smallest absolute Gasteiger partial charge is 0.269 e. The van der Waals surface area contributed by atoms with Gasteiger partial charge in [0.2, 0.25) is 0 Å². The van der Waals surface area contributed by atoms with E-state index in [1.165, 1.54) is 0 Å². The van der Waals surface area contributed by atoms with E-state index in [0.29, 0.717) is 11.1 Å². The molecule has 0 aliphatic heterocycles. The quantitative estimate of drug-likeness (QED) is 0.584. The summed E-state index contributed by atoms with van der Waals surface area (Å²) in [7, 11) is 0. The molecule has 0 saturated heterocycles. The van der Waals surface area contributed by atoms with Gasteiger partial charge < -0.3 is 4.98 Å². The molecule has 1 heterocycles. The molecule has 23 heavy (non-hydrogen) atoms. The maximum Gasteiger partial charge on any atom is 0.269 e. The fraction of sp³-hybridized carbons (Fsp3) is 0. The van der Waals surface area contributed by atoms with Crippen molar-refractivity contribution in [1.82, 2.24) is 4.98 Å². The van der Waals surface area contributed by atoms with Crippen LogP contribution in [0.2, 0.25) is 0 Å². The number of fused-ring (bicyclic) bond motifs is 3. The molecule has 0 saturated carbocycles. The van der Waals surface area contributed by atoms with Gasteiger partial charge in [0.05, 0.1) is 21.0 Å². The molecule has 0 atom stereocenters. The Morgan fingerprint density at radius 1 is 0.826 bits per heavy atom. The molecule has 114 valence electrons. The molecule has 0 spiro atoms. The first-order valence-electron chi connectivity index (χ1n) is 6.61. The lowest BCUT2D eigenvalue weighted by Gasteiger charge is -1.99. The number of rotatable bonds is 4. The number of benzene rings is 2. The van der Waals surface area contributed by atoms with Gasteiger partial charge in [0, 0.05) is 21.8 Å². The van der Waals surface area contributed by atoms with Crippen molar-refractivity contribution >= 4 is 33.2 Å². The molecule has 7 heteroatoms. The first-order valence-corrected chi connectivity index (χ1v) is 6.61. The van der Waals surface area contributed by atoms with Gasteiger partial charge in [0.15, 0.2) is 0 Å². The number of nitro groups is 2. The highest BCUT2D eigenvalue weighted by molar-refractivity contribution is 6.08. The van der Waals surface area contributed by atoms with Crippen LogP contribution < -0.4 is 0 Å². The molecule has 0 fully saturated rings. The van der Waals surface area contributed by atoms with E-state index >= 15 is 0 Å². The number of aromatic amines is 1. The van der Waals surface area contributed by atoms with Gasteiger partial charge in [-0.3, -0.25) is 20.2 Å². The summed E-state index contributed by atoms with van der Waals surface area (Å²) in [5, 5.41) is 23.2. The summed E-state index contributed by atoms with van der Waals surface area (Å²) in [6, 6.07) is 9.97. The standard InChI is InChI=1S/C16H11N3O4/c1-9(18(20)21)11-3-5-15-13(7-11)14-8-12(10(2)19(22)23)4-6-16(14)17-15/h3-8,17H,1-2H2. The van der Waals surface area contributed by atoms with E-state index in [-0.39, 0.29) is 11.4 Å². The number of H-pyrrole nitrogens is 1.